The first-order chi connectivity index (χ1) is 47.8. The zero-order valence-electron chi connectivity index (χ0n) is 56.5. The Kier molecular flexibility index (Phi) is 26.2. The molecule has 0 atom stereocenters. The number of carbonyl (C=O) groups excluding carboxylic acids is 6. The number of rotatable bonds is 19. The molecule has 0 bridgehead atoms. The Morgan fingerprint density at radius 3 is 1.14 bits per heavy atom. The molecular formula is C76H73N12NaO12. The number of alkyl carbamates (subject to hydrolysis) is 1. The van der Waals surface area contributed by atoms with Crippen molar-refractivity contribution in [3.63, 3.8) is 0 Å². The summed E-state index contributed by atoms with van der Waals surface area (Å²) in [6, 6.07) is 44.0. The number of aromatic nitrogens is 6. The van der Waals surface area contributed by atoms with Crippen LogP contribution in [0.1, 0.15) is 120 Å². The average Bonchev–Trinajstić information content (AvgIpc) is 1.76. The van der Waals surface area contributed by atoms with Crippen molar-refractivity contribution in [2.45, 2.75) is 84.5 Å². The molecule has 9 aromatic rings. The number of hydrogen-bond acceptors (Lipinski definition) is 19. The molecule has 3 heterocycles. The molecule has 3 aliphatic carbocycles. The van der Waals surface area contributed by atoms with E-state index in [9.17, 15) is 33.6 Å². The van der Waals surface area contributed by atoms with Crippen molar-refractivity contribution >= 4 is 77.0 Å². The number of nitrogens with one attached hydrogen (secondary N) is 4. The number of carboxylic acids is 1. The van der Waals surface area contributed by atoms with E-state index < -0.39 is 41.4 Å². The summed E-state index contributed by atoms with van der Waals surface area (Å²) in [5, 5.41) is 20.3. The second-order valence-corrected chi connectivity index (χ2v) is 23.9. The van der Waals surface area contributed by atoms with Crippen molar-refractivity contribution in [3.05, 3.63) is 248 Å². The Hall–Kier alpha value is -11.3. The second-order valence-electron chi connectivity index (χ2n) is 23.9. The van der Waals surface area contributed by atoms with Crippen molar-refractivity contribution < 1.29 is 87.9 Å². The van der Waals surface area contributed by atoms with Gasteiger partial charge in [0, 0.05) is 89.3 Å². The Morgan fingerprint density at radius 1 is 0.465 bits per heavy atom. The Labute approximate surface area is 604 Å². The third-order valence-electron chi connectivity index (χ3n) is 15.6. The molecule has 510 valence electrons. The maximum Gasteiger partial charge on any atom is 1.00 e. The Balaban J connectivity index is 0.000000192. The van der Waals surface area contributed by atoms with E-state index in [1.165, 1.54) is 14.2 Å². The molecule has 3 aliphatic rings. The van der Waals surface area contributed by atoms with Crippen molar-refractivity contribution in [3.8, 4) is 33.8 Å². The normalized spacial score (nSPS) is 11.7. The molecule has 6 aromatic carbocycles. The van der Waals surface area contributed by atoms with E-state index in [1.807, 2.05) is 130 Å². The molecule has 0 unspecified atom stereocenters. The van der Waals surface area contributed by atoms with Crippen LogP contribution < -0.4 is 62.3 Å². The van der Waals surface area contributed by atoms with Gasteiger partial charge >= 0.3 is 53.6 Å². The number of anilines is 3. The number of nitrogens with zero attached hydrogens (tertiary/aromatic N) is 6. The van der Waals surface area contributed by atoms with Gasteiger partial charge in [-0.1, -0.05) is 146 Å². The minimum absolute atomic E-state index is 0. The first-order valence-electron chi connectivity index (χ1n) is 31.7. The fourth-order valence-corrected chi connectivity index (χ4v) is 10.9. The molecule has 101 heavy (non-hydrogen) atoms. The minimum Gasteiger partial charge on any atom is -0.870 e. The van der Waals surface area contributed by atoms with Crippen LogP contribution in [0.5, 0.6) is 0 Å². The van der Waals surface area contributed by atoms with E-state index in [0.29, 0.717) is 83.2 Å². The molecule has 3 aromatic heterocycles. The van der Waals surface area contributed by atoms with Crippen molar-refractivity contribution in [1.29, 1.82) is 0 Å². The van der Waals surface area contributed by atoms with Gasteiger partial charge in [-0.3, -0.25) is 28.8 Å². The van der Waals surface area contributed by atoms with E-state index in [1.54, 1.807) is 72.8 Å². The summed E-state index contributed by atoms with van der Waals surface area (Å²) in [5.41, 5.74) is 26.5. The van der Waals surface area contributed by atoms with Crippen molar-refractivity contribution in [1.82, 2.24) is 35.2 Å². The molecule has 24 nitrogen and oxygen atoms in total. The van der Waals surface area contributed by atoms with Gasteiger partial charge in [-0.25, -0.2) is 34.7 Å². The van der Waals surface area contributed by atoms with Crippen LogP contribution in [0.25, 0.3) is 52.0 Å². The molecule has 0 fully saturated rings. The van der Waals surface area contributed by atoms with E-state index in [-0.39, 0.29) is 84.3 Å². The van der Waals surface area contributed by atoms with Gasteiger partial charge in [-0.05, 0) is 90.6 Å². The number of fused-ring (bicyclic) bond motifs is 3. The zero-order chi connectivity index (χ0) is 70.2. The first-order valence-corrected chi connectivity index (χ1v) is 31.7. The van der Waals surface area contributed by atoms with Crippen LogP contribution in [0.4, 0.5) is 21.9 Å². The Morgan fingerprint density at radius 2 is 0.802 bits per heavy atom. The zero-order valence-corrected chi connectivity index (χ0v) is 58.5. The van der Waals surface area contributed by atoms with Crippen LogP contribution in [0.3, 0.4) is 0 Å². The summed E-state index contributed by atoms with van der Waals surface area (Å²) in [6.45, 7) is 6.52. The summed E-state index contributed by atoms with van der Waals surface area (Å²) in [7, 11) is 2.65. The van der Waals surface area contributed by atoms with Gasteiger partial charge in [-0.15, -0.1) is 0 Å². The Bertz CT molecular complexity index is 4700. The number of methoxy groups -OCH3 is 2. The van der Waals surface area contributed by atoms with E-state index >= 15 is 0 Å². The molecule has 0 saturated carbocycles. The maximum absolute atomic E-state index is 13.2. The van der Waals surface area contributed by atoms with Crippen molar-refractivity contribution in [2.24, 2.45) is 11.5 Å². The van der Waals surface area contributed by atoms with Gasteiger partial charge in [-0.2, -0.15) is 0 Å². The van der Waals surface area contributed by atoms with Crippen LogP contribution in [0.15, 0.2) is 164 Å². The van der Waals surface area contributed by atoms with Crippen LogP contribution in [0.2, 0.25) is 0 Å². The summed E-state index contributed by atoms with van der Waals surface area (Å²) < 4.78 is 14.8. The van der Waals surface area contributed by atoms with Crippen molar-refractivity contribution in [2.75, 3.05) is 30.2 Å². The molecule has 0 radical (unpaired) electrons. The molecular weight excluding hydrogens is 1300 g/mol. The number of esters is 2. The molecule has 0 saturated heterocycles. The molecule has 0 spiro atoms. The SMILES string of the molecule is COC(=O)Cc1ccccc1NC(=O)c1nc2c(c(-c3cccc(CN)c3)n1)C=CC2.COC(=O)Cc1ccccc1NC(=O)c1nc2c(c(-c3cccc(CNC(=O)OC(C)(C)C)c3)n1)C=CC2.NCc1cccc(-c2nc(C(=O)Nc3ccccc3CC(=O)O)nc3c2C=CC3)c1.[Na+].[OH-]. The summed E-state index contributed by atoms with van der Waals surface area (Å²) in [6.07, 6.45) is 13.1. The summed E-state index contributed by atoms with van der Waals surface area (Å²) in [5.74, 6) is -3.05. The number of ether oxygens (including phenoxy) is 3. The minimum atomic E-state index is -0.973. The second kappa shape index (κ2) is 35.0. The predicted molar refractivity (Wildman–Crippen MR) is 377 cm³/mol. The third kappa shape index (κ3) is 19.8. The number of benzene rings is 6. The molecule has 25 heteroatoms. The third-order valence-corrected chi connectivity index (χ3v) is 15.6. The molecule has 0 aliphatic heterocycles. The average molecular weight is 1370 g/mol. The van der Waals surface area contributed by atoms with E-state index in [4.69, 9.17) is 30.8 Å². The standard InChI is InChI=1S/C29H30N4O5.C24H22N4O3.C23H20N4O3.Na.H2O/c1-29(2,3)38-28(36)30-17-18-9-7-11-20(15-18)25-21-12-8-14-23(21)31-26(33-25)27(35)32-22-13-6-5-10-19(22)16-24(34)37-4;1-31-21(29)13-16-7-2-3-10-19(16)27-24(30)23-26-20-11-5-9-18(20)22(28-23)17-8-4-6-15(12-17)14-25;24-13-14-5-3-7-16(11-14)21-17-8-4-10-19(17)25-22(27-21)23(30)26-18-9-2-1-6-15(18)12-20(28)29;;/h5-13,15H,14,16-17H2,1-4H3,(H,30,36)(H,32,35);2-10,12H,11,13-14,25H2,1H3,(H,27,30);1-9,11H,10,12-13,24H2,(H,26,30)(H,28,29);;1H2/q;;;+1;/p-1. The molecule has 12 rings (SSSR count). The van der Waals surface area contributed by atoms with Crippen LogP contribution in [0, 0.1) is 0 Å². The number of nitrogens with two attached hydrogens (primary N) is 2. The summed E-state index contributed by atoms with van der Waals surface area (Å²) in [4.78, 5) is 113. The number of aliphatic carboxylic acids is 1. The summed E-state index contributed by atoms with van der Waals surface area (Å²) >= 11 is 0. The van der Waals surface area contributed by atoms with Crippen LogP contribution >= 0.6 is 0 Å². The number of hydrogen-bond donors (Lipinski definition) is 7. The van der Waals surface area contributed by atoms with Gasteiger partial charge in [0.25, 0.3) is 17.7 Å². The quantitative estimate of drug-likeness (QED) is 0.0231. The smallest absolute Gasteiger partial charge is 0.870 e. The number of carbonyl (C=O) groups is 7. The maximum atomic E-state index is 13.2. The van der Waals surface area contributed by atoms with E-state index in [2.05, 4.69) is 51.2 Å². The topological polar surface area (TPSA) is 375 Å². The largest absolute Gasteiger partial charge is 1.00 e. The van der Waals surface area contributed by atoms with Crippen LogP contribution in [-0.2, 0) is 86.8 Å². The van der Waals surface area contributed by atoms with Crippen LogP contribution in [-0.4, -0.2) is 102 Å². The predicted octanol–water partition coefficient (Wildman–Crippen LogP) is 7.72. The number of para-hydroxylation sites is 3. The number of allylic oxidation sites excluding steroid dienone is 3. The fraction of sp³-hybridized carbons (Fsp3) is 0.197. The van der Waals surface area contributed by atoms with E-state index in [0.717, 1.165) is 67.2 Å². The number of carboxylic acid groups (broad SMARTS) is 1. The van der Waals surface area contributed by atoms with Gasteiger partial charge in [0.15, 0.2) is 0 Å². The monoisotopic (exact) mass is 1370 g/mol. The number of amides is 4. The van der Waals surface area contributed by atoms with Gasteiger partial charge in [0.2, 0.25) is 17.5 Å². The van der Waals surface area contributed by atoms with Gasteiger partial charge < -0.3 is 57.5 Å². The van der Waals surface area contributed by atoms with Gasteiger partial charge in [0.05, 0.1) is 67.6 Å². The molecule has 4 amide bonds. The molecule has 10 N–H and O–H groups in total. The fourth-order valence-electron chi connectivity index (χ4n) is 10.9. The first kappa shape index (κ1) is 75.5. The van der Waals surface area contributed by atoms with Gasteiger partial charge in [0.1, 0.15) is 5.60 Å².